The van der Waals surface area contributed by atoms with Gasteiger partial charge in [-0.15, -0.1) is 0 Å². The Morgan fingerprint density at radius 2 is 1.89 bits per heavy atom. The Kier molecular flexibility index (Phi) is 4.30. The van der Waals surface area contributed by atoms with Crippen molar-refractivity contribution in [2.45, 2.75) is 38.7 Å². The number of hydrogen-bond acceptors (Lipinski definition) is 3. The van der Waals surface area contributed by atoms with Crippen molar-refractivity contribution in [1.29, 1.82) is 5.41 Å². The van der Waals surface area contributed by atoms with Crippen LogP contribution in [0.2, 0.25) is 0 Å². The number of benzene rings is 1. The molecule has 0 saturated heterocycles. The van der Waals surface area contributed by atoms with E-state index in [2.05, 4.69) is 6.92 Å². The molecule has 2 rings (SSSR count). The average molecular weight is 262 g/mol. The first kappa shape index (κ1) is 13.7. The molecular formula is C15H22N2O2. The van der Waals surface area contributed by atoms with Gasteiger partial charge in [-0.3, -0.25) is 5.41 Å². The van der Waals surface area contributed by atoms with Gasteiger partial charge in [0.1, 0.15) is 5.84 Å². The number of nitrogens with one attached hydrogen (secondary N) is 1. The summed E-state index contributed by atoms with van der Waals surface area (Å²) in [7, 11) is 1.61. The zero-order chi connectivity index (χ0) is 13.8. The highest BCUT2D eigenvalue weighted by molar-refractivity contribution is 5.95. The van der Waals surface area contributed by atoms with Crippen molar-refractivity contribution in [1.82, 2.24) is 0 Å². The van der Waals surface area contributed by atoms with Gasteiger partial charge in [0.25, 0.3) is 0 Å². The van der Waals surface area contributed by atoms with Crippen molar-refractivity contribution in [3.63, 3.8) is 0 Å². The third-order valence-electron chi connectivity index (χ3n) is 3.73. The fourth-order valence-electron chi connectivity index (χ4n) is 2.46. The predicted molar refractivity (Wildman–Crippen MR) is 76.1 cm³/mol. The molecule has 3 N–H and O–H groups in total. The van der Waals surface area contributed by atoms with E-state index in [-0.39, 0.29) is 11.9 Å². The van der Waals surface area contributed by atoms with Crippen molar-refractivity contribution >= 4 is 5.84 Å². The van der Waals surface area contributed by atoms with Crippen LogP contribution in [-0.2, 0) is 0 Å². The van der Waals surface area contributed by atoms with Gasteiger partial charge in [0.15, 0.2) is 11.5 Å². The van der Waals surface area contributed by atoms with Gasteiger partial charge in [0.2, 0.25) is 0 Å². The molecule has 0 unspecified atom stereocenters. The third-order valence-corrected chi connectivity index (χ3v) is 3.73. The summed E-state index contributed by atoms with van der Waals surface area (Å²) >= 11 is 0. The van der Waals surface area contributed by atoms with Crippen LogP contribution in [0.15, 0.2) is 18.2 Å². The Balaban J connectivity index is 2.09. The van der Waals surface area contributed by atoms with E-state index in [0.29, 0.717) is 11.3 Å². The number of amidine groups is 1. The normalized spacial score (nSPS) is 22.8. The fourth-order valence-corrected chi connectivity index (χ4v) is 2.46. The second-order valence-corrected chi connectivity index (χ2v) is 5.28. The van der Waals surface area contributed by atoms with Crippen LogP contribution < -0.4 is 15.2 Å². The Bertz CT molecular complexity index is 451. The van der Waals surface area contributed by atoms with Crippen molar-refractivity contribution in [3.05, 3.63) is 23.8 Å². The summed E-state index contributed by atoms with van der Waals surface area (Å²) in [6, 6.07) is 5.39. The Labute approximate surface area is 114 Å². The SMILES string of the molecule is COc1cc(C(=N)N)ccc1OC1CCC(C)CC1. The van der Waals surface area contributed by atoms with E-state index in [9.17, 15) is 0 Å². The summed E-state index contributed by atoms with van der Waals surface area (Å²) < 4.78 is 11.3. The number of methoxy groups -OCH3 is 1. The van der Waals surface area contributed by atoms with Gasteiger partial charge in [-0.2, -0.15) is 0 Å². The first-order chi connectivity index (χ1) is 9.10. The van der Waals surface area contributed by atoms with Gasteiger partial charge in [-0.05, 0) is 49.8 Å². The highest BCUT2D eigenvalue weighted by Crippen LogP contribution is 2.33. The first-order valence-corrected chi connectivity index (χ1v) is 6.79. The zero-order valence-electron chi connectivity index (χ0n) is 11.6. The van der Waals surface area contributed by atoms with Crippen LogP contribution in [0, 0.1) is 11.3 Å². The molecule has 0 atom stereocenters. The lowest BCUT2D eigenvalue weighted by Gasteiger charge is -2.27. The molecule has 0 amide bonds. The van der Waals surface area contributed by atoms with Crippen molar-refractivity contribution in [3.8, 4) is 11.5 Å². The molecule has 0 spiro atoms. The lowest BCUT2D eigenvalue weighted by molar-refractivity contribution is 0.131. The second-order valence-electron chi connectivity index (χ2n) is 5.28. The number of ether oxygens (including phenoxy) is 2. The van der Waals surface area contributed by atoms with Crippen LogP contribution in [0.25, 0.3) is 0 Å². The molecule has 1 fully saturated rings. The summed E-state index contributed by atoms with van der Waals surface area (Å²) in [5, 5.41) is 7.43. The molecule has 0 aliphatic heterocycles. The number of hydrogen-bond donors (Lipinski definition) is 2. The molecule has 1 saturated carbocycles. The molecule has 1 aliphatic rings. The molecular weight excluding hydrogens is 240 g/mol. The van der Waals surface area contributed by atoms with Crippen LogP contribution >= 0.6 is 0 Å². The van der Waals surface area contributed by atoms with Crippen molar-refractivity contribution in [2.24, 2.45) is 11.7 Å². The van der Waals surface area contributed by atoms with Gasteiger partial charge in [0.05, 0.1) is 13.2 Å². The topological polar surface area (TPSA) is 68.3 Å². The molecule has 1 aromatic carbocycles. The maximum Gasteiger partial charge on any atom is 0.161 e. The van der Waals surface area contributed by atoms with E-state index in [1.54, 1.807) is 19.2 Å². The van der Waals surface area contributed by atoms with E-state index in [1.165, 1.54) is 12.8 Å². The van der Waals surface area contributed by atoms with Gasteiger partial charge < -0.3 is 15.2 Å². The first-order valence-electron chi connectivity index (χ1n) is 6.79. The zero-order valence-corrected chi connectivity index (χ0v) is 11.6. The van der Waals surface area contributed by atoms with Crippen LogP contribution in [0.5, 0.6) is 11.5 Å². The third kappa shape index (κ3) is 3.40. The lowest BCUT2D eigenvalue weighted by atomic mass is 9.89. The standard InChI is InChI=1S/C15H22N2O2/c1-10-3-6-12(7-4-10)19-13-8-5-11(15(16)17)9-14(13)18-2/h5,8-10,12H,3-4,6-7H2,1-2H3,(H3,16,17). The Hall–Kier alpha value is -1.71. The van der Waals surface area contributed by atoms with E-state index in [1.807, 2.05) is 6.07 Å². The molecule has 0 bridgehead atoms. The van der Waals surface area contributed by atoms with Gasteiger partial charge >= 0.3 is 0 Å². The van der Waals surface area contributed by atoms with Gasteiger partial charge in [-0.25, -0.2) is 0 Å². The number of nitrogens with two attached hydrogens (primary N) is 1. The Morgan fingerprint density at radius 3 is 2.47 bits per heavy atom. The summed E-state index contributed by atoms with van der Waals surface area (Å²) in [4.78, 5) is 0. The van der Waals surface area contributed by atoms with E-state index < -0.39 is 0 Å². The highest BCUT2D eigenvalue weighted by atomic mass is 16.5. The van der Waals surface area contributed by atoms with Crippen LogP contribution in [0.1, 0.15) is 38.2 Å². The van der Waals surface area contributed by atoms with Crippen LogP contribution in [0.3, 0.4) is 0 Å². The molecule has 1 aliphatic carbocycles. The van der Waals surface area contributed by atoms with E-state index >= 15 is 0 Å². The number of nitrogen functional groups attached to an aromatic ring is 1. The van der Waals surface area contributed by atoms with Gasteiger partial charge in [0, 0.05) is 5.56 Å². The fraction of sp³-hybridized carbons (Fsp3) is 0.533. The summed E-state index contributed by atoms with van der Waals surface area (Å²) in [6.45, 7) is 2.29. The van der Waals surface area contributed by atoms with E-state index in [4.69, 9.17) is 20.6 Å². The molecule has 104 valence electrons. The maximum atomic E-state index is 7.43. The molecule has 4 heteroatoms. The molecule has 0 heterocycles. The summed E-state index contributed by atoms with van der Waals surface area (Å²) in [5.41, 5.74) is 6.13. The smallest absolute Gasteiger partial charge is 0.161 e. The minimum Gasteiger partial charge on any atom is -0.493 e. The molecule has 0 aromatic heterocycles. The molecule has 0 radical (unpaired) electrons. The number of rotatable bonds is 4. The quantitative estimate of drug-likeness (QED) is 0.647. The monoisotopic (exact) mass is 262 g/mol. The minimum absolute atomic E-state index is 0.0383. The van der Waals surface area contributed by atoms with Crippen LogP contribution in [0.4, 0.5) is 0 Å². The minimum atomic E-state index is 0.0383. The average Bonchev–Trinajstić information content (AvgIpc) is 2.41. The second kappa shape index (κ2) is 5.95. The largest absolute Gasteiger partial charge is 0.493 e. The highest BCUT2D eigenvalue weighted by Gasteiger charge is 2.20. The summed E-state index contributed by atoms with van der Waals surface area (Å²) in [5.74, 6) is 2.23. The summed E-state index contributed by atoms with van der Waals surface area (Å²) in [6.07, 6.45) is 4.91. The molecule has 1 aromatic rings. The van der Waals surface area contributed by atoms with Crippen molar-refractivity contribution < 1.29 is 9.47 Å². The predicted octanol–water partition coefficient (Wildman–Crippen LogP) is 2.94. The van der Waals surface area contributed by atoms with Crippen LogP contribution in [-0.4, -0.2) is 19.0 Å². The lowest BCUT2D eigenvalue weighted by Crippen LogP contribution is -2.23. The maximum absolute atomic E-state index is 7.43. The van der Waals surface area contributed by atoms with E-state index in [0.717, 1.165) is 24.5 Å². The van der Waals surface area contributed by atoms with Crippen molar-refractivity contribution in [2.75, 3.05) is 7.11 Å². The molecule has 4 nitrogen and oxygen atoms in total. The van der Waals surface area contributed by atoms with Gasteiger partial charge in [-0.1, -0.05) is 6.92 Å². The Morgan fingerprint density at radius 1 is 1.21 bits per heavy atom. The molecule has 19 heavy (non-hydrogen) atoms.